The van der Waals surface area contributed by atoms with Crippen molar-refractivity contribution >= 4 is 17.3 Å². The van der Waals surface area contributed by atoms with Crippen LogP contribution in [-0.4, -0.2) is 5.11 Å². The number of hydrogen-bond acceptors (Lipinski definition) is 1. The van der Waals surface area contributed by atoms with Gasteiger partial charge in [0.2, 0.25) is 0 Å². The molecule has 0 bridgehead atoms. The molecule has 2 nitrogen and oxygen atoms in total. The fourth-order valence-electron chi connectivity index (χ4n) is 0. The molecule has 5 heavy (non-hydrogen) atoms. The van der Waals surface area contributed by atoms with Gasteiger partial charge < -0.3 is 11.5 Å². The van der Waals surface area contributed by atoms with Gasteiger partial charge in [0, 0.05) is 17.4 Å². The Balaban J connectivity index is 0. The molecule has 0 aromatic heterocycles. The van der Waals surface area contributed by atoms with E-state index in [0.717, 1.165) is 0 Å². The Morgan fingerprint density at radius 3 is 1.40 bits per heavy atom. The van der Waals surface area contributed by atoms with Crippen molar-refractivity contribution in [1.29, 1.82) is 0 Å². The summed E-state index contributed by atoms with van der Waals surface area (Å²) in [6, 6.07) is 0. The van der Waals surface area contributed by atoms with Gasteiger partial charge >= 0.3 is 0 Å². The van der Waals surface area contributed by atoms with Gasteiger partial charge in [-0.2, -0.15) is 0 Å². The molecule has 0 amide bonds. The summed E-state index contributed by atoms with van der Waals surface area (Å²) in [6.45, 7) is 0. The van der Waals surface area contributed by atoms with Crippen LogP contribution in [0.25, 0.3) is 0 Å². The van der Waals surface area contributed by atoms with E-state index >= 15 is 0 Å². The van der Waals surface area contributed by atoms with Crippen LogP contribution in [-0.2, 0) is 17.4 Å². The Kier molecular flexibility index (Phi) is 7.57. The van der Waals surface area contributed by atoms with E-state index in [1.54, 1.807) is 0 Å². The van der Waals surface area contributed by atoms with E-state index in [1.807, 2.05) is 0 Å². The molecule has 0 rings (SSSR count). The van der Waals surface area contributed by atoms with Gasteiger partial charge in [0.1, 0.15) is 0 Å². The van der Waals surface area contributed by atoms with E-state index in [4.69, 9.17) is 0 Å². The van der Waals surface area contributed by atoms with Crippen molar-refractivity contribution in [2.75, 3.05) is 0 Å². The maximum absolute atomic E-state index is 4.62. The first-order valence-corrected chi connectivity index (χ1v) is 1.19. The number of nitrogens with two attached hydrogens (primary N) is 2. The Hall–Kier alpha value is 0.222. The smallest absolute Gasteiger partial charge is 0.160 e. The minimum Gasteiger partial charge on any atom is -0.377 e. The van der Waals surface area contributed by atoms with Crippen molar-refractivity contribution in [3.63, 3.8) is 0 Å². The number of thiocarbonyl (C=S) groups is 1. The summed E-state index contributed by atoms with van der Waals surface area (Å²) in [7, 11) is 0. The first-order chi connectivity index (χ1) is 1.73. The van der Waals surface area contributed by atoms with Gasteiger partial charge in [-0.05, 0) is 12.2 Å². The summed E-state index contributed by atoms with van der Waals surface area (Å²) in [5.41, 5.74) is 9.24. The van der Waals surface area contributed by atoms with E-state index in [9.17, 15) is 0 Å². The molecule has 0 radical (unpaired) electrons. The van der Waals surface area contributed by atoms with Crippen LogP contribution in [0.2, 0.25) is 0 Å². The zero-order valence-corrected chi connectivity index (χ0v) is 4.56. The summed E-state index contributed by atoms with van der Waals surface area (Å²) in [5, 5.41) is 0.000000000000000222. The SMILES string of the molecule is NC(N)=S.[Cr]. The van der Waals surface area contributed by atoms with Crippen molar-refractivity contribution < 1.29 is 17.4 Å². The molecular formula is CH4CrN2S. The van der Waals surface area contributed by atoms with Crippen LogP contribution in [0.15, 0.2) is 0 Å². The van der Waals surface area contributed by atoms with E-state index in [0.29, 0.717) is 0 Å². The van der Waals surface area contributed by atoms with Crippen LogP contribution in [0.3, 0.4) is 0 Å². The first-order valence-electron chi connectivity index (χ1n) is 0.781. The van der Waals surface area contributed by atoms with Crippen molar-refractivity contribution in [1.82, 2.24) is 0 Å². The minimum absolute atomic E-state index is 0. The van der Waals surface area contributed by atoms with Crippen molar-refractivity contribution in [2.24, 2.45) is 11.5 Å². The quantitative estimate of drug-likeness (QED) is 0.419. The second-order valence-electron chi connectivity index (χ2n) is 0.402. The summed E-state index contributed by atoms with van der Waals surface area (Å²) in [4.78, 5) is 0. The molecule has 0 spiro atoms. The first kappa shape index (κ1) is 8.97. The third-order valence-corrected chi connectivity index (χ3v) is 0. The molecule has 0 saturated heterocycles. The Labute approximate surface area is 46.7 Å². The predicted octanol–water partition coefficient (Wildman–Crippen LogP) is -0.814. The summed E-state index contributed by atoms with van der Waals surface area (Å²) >= 11 is 4.09. The summed E-state index contributed by atoms with van der Waals surface area (Å²) < 4.78 is 0. The van der Waals surface area contributed by atoms with Crippen LogP contribution < -0.4 is 11.5 Å². The molecule has 4 heteroatoms. The van der Waals surface area contributed by atoms with E-state index < -0.39 is 0 Å². The van der Waals surface area contributed by atoms with Crippen molar-refractivity contribution in [2.45, 2.75) is 0 Å². The molecule has 4 N–H and O–H groups in total. The molecule has 30 valence electrons. The van der Waals surface area contributed by atoms with Crippen LogP contribution in [0, 0.1) is 0 Å². The van der Waals surface area contributed by atoms with Gasteiger partial charge in [-0.25, -0.2) is 0 Å². The average molecular weight is 128 g/mol. The molecule has 0 fully saturated rings. The number of hydrogen-bond donors (Lipinski definition) is 2. The molecule has 0 saturated carbocycles. The minimum atomic E-state index is 0. The molecule has 0 aliphatic rings. The molecule has 0 aromatic carbocycles. The van der Waals surface area contributed by atoms with Gasteiger partial charge in [-0.1, -0.05) is 0 Å². The Bertz CT molecular complexity index is 32.6. The Morgan fingerprint density at radius 2 is 1.40 bits per heavy atom. The molecule has 0 aliphatic heterocycles. The molecular weight excluding hydrogens is 124 g/mol. The van der Waals surface area contributed by atoms with Gasteiger partial charge in [-0.3, -0.25) is 0 Å². The normalized spacial score (nSPS) is 4.80. The predicted molar refractivity (Wildman–Crippen MR) is 21.0 cm³/mol. The largest absolute Gasteiger partial charge is 0.377 e. The zero-order valence-electron chi connectivity index (χ0n) is 2.47. The van der Waals surface area contributed by atoms with E-state index in [1.165, 1.54) is 0 Å². The fraction of sp³-hybridized carbons (Fsp3) is 0. The molecule has 0 heterocycles. The average Bonchev–Trinajstić information content (AvgIpc) is 0.811. The van der Waals surface area contributed by atoms with E-state index in [2.05, 4.69) is 23.7 Å². The molecule has 0 unspecified atom stereocenters. The standard InChI is InChI=1S/CH4N2S.Cr/c2-1(3)4;/h(H4,2,3,4);. The second kappa shape index (κ2) is 4.22. The molecule has 0 aromatic rings. The fourth-order valence-corrected chi connectivity index (χ4v) is 0. The Morgan fingerprint density at radius 1 is 1.40 bits per heavy atom. The van der Waals surface area contributed by atoms with Crippen LogP contribution in [0.1, 0.15) is 0 Å². The molecule has 0 atom stereocenters. The van der Waals surface area contributed by atoms with Crippen LogP contribution in [0.5, 0.6) is 0 Å². The summed E-state index contributed by atoms with van der Waals surface area (Å²) in [6.07, 6.45) is 0. The monoisotopic (exact) mass is 128 g/mol. The van der Waals surface area contributed by atoms with Crippen molar-refractivity contribution in [3.8, 4) is 0 Å². The third kappa shape index (κ3) is 421. The maximum atomic E-state index is 4.62. The van der Waals surface area contributed by atoms with Gasteiger partial charge in [0.15, 0.2) is 5.11 Å². The summed E-state index contributed by atoms with van der Waals surface area (Å²) in [5.74, 6) is 0. The number of rotatable bonds is 0. The molecule has 0 aliphatic carbocycles. The van der Waals surface area contributed by atoms with Crippen LogP contribution in [0.4, 0.5) is 0 Å². The van der Waals surface area contributed by atoms with Gasteiger partial charge in [-0.15, -0.1) is 0 Å². The second-order valence-corrected chi connectivity index (χ2v) is 0.874. The van der Waals surface area contributed by atoms with Crippen LogP contribution >= 0.6 is 12.2 Å². The van der Waals surface area contributed by atoms with E-state index in [-0.39, 0.29) is 22.5 Å². The van der Waals surface area contributed by atoms with Crippen molar-refractivity contribution in [3.05, 3.63) is 0 Å². The third-order valence-electron chi connectivity index (χ3n) is 0. The zero-order chi connectivity index (χ0) is 3.58. The topological polar surface area (TPSA) is 52.0 Å². The maximum Gasteiger partial charge on any atom is 0.160 e. The van der Waals surface area contributed by atoms with Gasteiger partial charge in [0.05, 0.1) is 0 Å². The van der Waals surface area contributed by atoms with Gasteiger partial charge in [0.25, 0.3) is 0 Å².